The molecule has 0 saturated heterocycles. The summed E-state index contributed by atoms with van der Waals surface area (Å²) in [4.78, 5) is 23.5. The maximum absolute atomic E-state index is 12.4. The van der Waals surface area contributed by atoms with Crippen molar-refractivity contribution in [3.05, 3.63) is 59.1 Å². The maximum Gasteiger partial charge on any atom is 0.308 e. The van der Waals surface area contributed by atoms with E-state index in [1.807, 2.05) is 6.07 Å². The van der Waals surface area contributed by atoms with E-state index < -0.39 is 5.97 Å². The lowest BCUT2D eigenvalue weighted by atomic mass is 10.1. The molecule has 0 radical (unpaired) electrons. The molecule has 0 bridgehead atoms. The van der Waals surface area contributed by atoms with Crippen LogP contribution in [0.3, 0.4) is 0 Å². The molecule has 1 aromatic heterocycles. The van der Waals surface area contributed by atoms with Gasteiger partial charge in [0.15, 0.2) is 5.78 Å². The molecule has 2 aromatic rings. The van der Waals surface area contributed by atoms with Crippen molar-refractivity contribution >= 4 is 17.8 Å². The van der Waals surface area contributed by atoms with Crippen molar-refractivity contribution in [3.63, 3.8) is 0 Å². The highest BCUT2D eigenvalue weighted by Gasteiger charge is 2.29. The van der Waals surface area contributed by atoms with Crippen LogP contribution in [0.25, 0.3) is 6.08 Å². The molecule has 0 fully saturated rings. The smallest absolute Gasteiger partial charge is 0.308 e. The highest BCUT2D eigenvalue weighted by molar-refractivity contribution is 6.17. The number of fused-ring (bicyclic) bond motifs is 1. The summed E-state index contributed by atoms with van der Waals surface area (Å²) in [5.74, 6) is 0.404. The minimum absolute atomic E-state index is 0.117. The van der Waals surface area contributed by atoms with Crippen LogP contribution in [0.5, 0.6) is 5.75 Å². The molecule has 0 unspecified atom stereocenters. The second kappa shape index (κ2) is 4.81. The van der Waals surface area contributed by atoms with Crippen LogP contribution in [-0.4, -0.2) is 11.8 Å². The number of carbonyl (C=O) groups is 2. The first-order chi connectivity index (χ1) is 9.65. The fraction of sp³-hybridized carbons (Fsp3) is 0.125. The van der Waals surface area contributed by atoms with Gasteiger partial charge in [0.2, 0.25) is 0 Å². The van der Waals surface area contributed by atoms with Crippen LogP contribution in [-0.2, 0) is 11.2 Å². The van der Waals surface area contributed by atoms with Crippen molar-refractivity contribution < 1.29 is 18.7 Å². The quantitative estimate of drug-likeness (QED) is 0.477. The maximum atomic E-state index is 12.4. The molecule has 4 nitrogen and oxygen atoms in total. The van der Waals surface area contributed by atoms with Crippen LogP contribution in [0, 0.1) is 0 Å². The molecule has 3 rings (SSSR count). The molecule has 1 aliphatic rings. The standard InChI is InChI=1S/C16H12O4/c1-10(17)20-14-6-2-4-11-8-12(16(18)15(11)14)9-13-5-3-7-19-13/h2-7,9H,8H2,1H3/b12-9-. The van der Waals surface area contributed by atoms with E-state index in [0.29, 0.717) is 29.1 Å². The Morgan fingerprint density at radius 1 is 1.30 bits per heavy atom. The Kier molecular flexibility index (Phi) is 2.99. The molecule has 0 N–H and O–H groups in total. The lowest BCUT2D eigenvalue weighted by Gasteiger charge is -2.05. The van der Waals surface area contributed by atoms with Crippen LogP contribution < -0.4 is 4.74 Å². The predicted octanol–water partition coefficient (Wildman–Crippen LogP) is 3.03. The van der Waals surface area contributed by atoms with Crippen molar-refractivity contribution in [1.29, 1.82) is 0 Å². The second-order valence-electron chi connectivity index (χ2n) is 4.57. The molecule has 4 heteroatoms. The number of ketones is 1. The van der Waals surface area contributed by atoms with Crippen molar-refractivity contribution in [2.24, 2.45) is 0 Å². The van der Waals surface area contributed by atoms with Gasteiger partial charge in [-0.3, -0.25) is 9.59 Å². The largest absolute Gasteiger partial charge is 0.465 e. The van der Waals surface area contributed by atoms with Gasteiger partial charge < -0.3 is 9.15 Å². The second-order valence-corrected chi connectivity index (χ2v) is 4.57. The minimum Gasteiger partial charge on any atom is -0.465 e. The van der Waals surface area contributed by atoms with Gasteiger partial charge in [-0.05, 0) is 29.8 Å². The average molecular weight is 268 g/mol. The Morgan fingerprint density at radius 3 is 2.85 bits per heavy atom. The molecule has 1 aromatic carbocycles. The number of esters is 1. The summed E-state index contributed by atoms with van der Waals surface area (Å²) in [7, 11) is 0. The lowest BCUT2D eigenvalue weighted by molar-refractivity contribution is -0.131. The van der Waals surface area contributed by atoms with E-state index in [1.165, 1.54) is 6.92 Å². The van der Waals surface area contributed by atoms with Crippen molar-refractivity contribution in [3.8, 4) is 5.75 Å². The fourth-order valence-corrected chi connectivity index (χ4v) is 2.33. The monoisotopic (exact) mass is 268 g/mol. The number of hydrogen-bond acceptors (Lipinski definition) is 4. The molecule has 0 aliphatic heterocycles. The van der Waals surface area contributed by atoms with Crippen molar-refractivity contribution in [2.45, 2.75) is 13.3 Å². The van der Waals surface area contributed by atoms with Crippen molar-refractivity contribution in [2.75, 3.05) is 0 Å². The summed E-state index contributed by atoms with van der Waals surface area (Å²) < 4.78 is 10.3. The molecule has 20 heavy (non-hydrogen) atoms. The zero-order chi connectivity index (χ0) is 14.1. The molecular weight excluding hydrogens is 256 g/mol. The van der Waals surface area contributed by atoms with Gasteiger partial charge in [-0.1, -0.05) is 12.1 Å². The molecule has 1 aliphatic carbocycles. The summed E-state index contributed by atoms with van der Waals surface area (Å²) in [5, 5.41) is 0. The predicted molar refractivity (Wildman–Crippen MR) is 72.5 cm³/mol. The van der Waals surface area contributed by atoms with Crippen LogP contribution in [0.15, 0.2) is 46.6 Å². The molecule has 1 heterocycles. The third-order valence-electron chi connectivity index (χ3n) is 3.13. The fourth-order valence-electron chi connectivity index (χ4n) is 2.33. The minimum atomic E-state index is -0.435. The first-order valence-electron chi connectivity index (χ1n) is 6.24. The Balaban J connectivity index is 2.01. The van der Waals surface area contributed by atoms with Gasteiger partial charge in [0, 0.05) is 18.9 Å². The van der Waals surface area contributed by atoms with Gasteiger partial charge in [0.25, 0.3) is 0 Å². The first-order valence-corrected chi connectivity index (χ1v) is 6.24. The number of rotatable bonds is 2. The van der Waals surface area contributed by atoms with Crippen LogP contribution >= 0.6 is 0 Å². The summed E-state index contributed by atoms with van der Waals surface area (Å²) in [5.41, 5.74) is 1.97. The van der Waals surface area contributed by atoms with E-state index in [9.17, 15) is 9.59 Å². The van der Waals surface area contributed by atoms with Crippen LogP contribution in [0.1, 0.15) is 28.6 Å². The van der Waals surface area contributed by atoms with Crippen LogP contribution in [0.4, 0.5) is 0 Å². The number of furan rings is 1. The Morgan fingerprint density at radius 2 is 2.15 bits per heavy atom. The topological polar surface area (TPSA) is 56.5 Å². The zero-order valence-electron chi connectivity index (χ0n) is 10.9. The Hall–Kier alpha value is -2.62. The normalized spacial score (nSPS) is 15.4. The number of benzene rings is 1. The SMILES string of the molecule is CC(=O)Oc1cccc2c1C(=O)/C(=C\c1ccco1)C2. The van der Waals surface area contributed by atoms with E-state index in [2.05, 4.69) is 0 Å². The lowest BCUT2D eigenvalue weighted by Crippen LogP contribution is -2.06. The summed E-state index contributed by atoms with van der Waals surface area (Å²) in [6.07, 6.45) is 3.80. The third kappa shape index (κ3) is 2.16. The third-order valence-corrected chi connectivity index (χ3v) is 3.13. The molecule has 0 atom stereocenters. The Bertz CT molecular complexity index is 708. The van der Waals surface area contributed by atoms with E-state index in [0.717, 1.165) is 5.56 Å². The van der Waals surface area contributed by atoms with E-state index in [-0.39, 0.29) is 5.78 Å². The highest BCUT2D eigenvalue weighted by Crippen LogP contribution is 2.34. The number of ether oxygens (including phenoxy) is 1. The summed E-state index contributed by atoms with van der Waals surface area (Å²) in [6.45, 7) is 1.32. The average Bonchev–Trinajstić information content (AvgIpc) is 2.99. The molecule has 0 saturated carbocycles. The summed E-state index contributed by atoms with van der Waals surface area (Å²) in [6, 6.07) is 8.83. The van der Waals surface area contributed by atoms with Gasteiger partial charge in [-0.2, -0.15) is 0 Å². The van der Waals surface area contributed by atoms with E-state index in [1.54, 1.807) is 36.6 Å². The van der Waals surface area contributed by atoms with E-state index >= 15 is 0 Å². The molecule has 0 spiro atoms. The first kappa shape index (κ1) is 12.4. The van der Waals surface area contributed by atoms with Crippen LogP contribution in [0.2, 0.25) is 0 Å². The molecule has 0 amide bonds. The summed E-state index contributed by atoms with van der Waals surface area (Å²) >= 11 is 0. The molecule has 100 valence electrons. The van der Waals surface area contributed by atoms with E-state index in [4.69, 9.17) is 9.15 Å². The number of hydrogen-bond donors (Lipinski definition) is 0. The highest BCUT2D eigenvalue weighted by atomic mass is 16.5. The van der Waals surface area contributed by atoms with Gasteiger partial charge >= 0.3 is 5.97 Å². The van der Waals surface area contributed by atoms with Gasteiger partial charge in [-0.25, -0.2) is 0 Å². The van der Waals surface area contributed by atoms with Gasteiger partial charge in [0.05, 0.1) is 11.8 Å². The number of carbonyl (C=O) groups excluding carboxylic acids is 2. The molecular formula is C16H12O4. The number of allylic oxidation sites excluding steroid dienone is 1. The zero-order valence-corrected chi connectivity index (χ0v) is 10.9. The Labute approximate surface area is 115 Å². The van der Waals surface area contributed by atoms with Gasteiger partial charge in [0.1, 0.15) is 11.5 Å². The van der Waals surface area contributed by atoms with Crippen molar-refractivity contribution in [1.82, 2.24) is 0 Å². The number of Topliss-reactive ketones (excluding diaryl/α,β-unsaturated/α-hetero) is 1. The van der Waals surface area contributed by atoms with Gasteiger partial charge in [-0.15, -0.1) is 0 Å².